The van der Waals surface area contributed by atoms with E-state index >= 15 is 0 Å². The van der Waals surface area contributed by atoms with Gasteiger partial charge in [-0.3, -0.25) is 0 Å². The lowest BCUT2D eigenvalue weighted by molar-refractivity contribution is 0.418. The van der Waals surface area contributed by atoms with E-state index in [1.165, 1.54) is 11.3 Å². The highest BCUT2D eigenvalue weighted by molar-refractivity contribution is 7.16. The molecule has 0 spiro atoms. The molecule has 0 aromatic carbocycles. The fourth-order valence-electron chi connectivity index (χ4n) is 1.46. The molecule has 0 saturated carbocycles. The second-order valence-corrected chi connectivity index (χ2v) is 5.56. The summed E-state index contributed by atoms with van der Waals surface area (Å²) >= 11 is 7.61. The Bertz CT molecular complexity index is 270. The van der Waals surface area contributed by atoms with Gasteiger partial charge in [-0.25, -0.2) is 0 Å². The van der Waals surface area contributed by atoms with Crippen molar-refractivity contribution in [2.75, 3.05) is 6.54 Å². The zero-order valence-electron chi connectivity index (χ0n) is 9.01. The Labute approximate surface area is 95.5 Å². The summed E-state index contributed by atoms with van der Waals surface area (Å²) in [6.45, 7) is 7.73. The van der Waals surface area contributed by atoms with Crippen LogP contribution < -0.4 is 5.32 Å². The third kappa shape index (κ3) is 3.26. The Morgan fingerprint density at radius 1 is 1.43 bits per heavy atom. The molecule has 1 rings (SSSR count). The van der Waals surface area contributed by atoms with E-state index in [0.29, 0.717) is 12.0 Å². The van der Waals surface area contributed by atoms with E-state index in [0.717, 1.165) is 10.9 Å². The molecule has 0 amide bonds. The minimum Gasteiger partial charge on any atom is -0.309 e. The monoisotopic (exact) mass is 231 g/mol. The number of halogens is 1. The minimum atomic E-state index is 0.451. The van der Waals surface area contributed by atoms with Crippen molar-refractivity contribution < 1.29 is 0 Å². The van der Waals surface area contributed by atoms with Crippen molar-refractivity contribution in [1.29, 1.82) is 0 Å². The number of hydrogen-bond acceptors (Lipinski definition) is 2. The van der Waals surface area contributed by atoms with Crippen molar-refractivity contribution in [3.63, 3.8) is 0 Å². The molecule has 1 heterocycles. The van der Waals surface area contributed by atoms with Crippen LogP contribution in [0, 0.1) is 5.92 Å². The van der Waals surface area contributed by atoms with E-state index in [4.69, 9.17) is 11.6 Å². The number of hydrogen-bond donors (Lipinski definition) is 1. The van der Waals surface area contributed by atoms with Gasteiger partial charge in [-0.05, 0) is 31.0 Å². The van der Waals surface area contributed by atoms with E-state index < -0.39 is 0 Å². The zero-order valence-corrected chi connectivity index (χ0v) is 10.6. The first-order valence-corrected chi connectivity index (χ1v) is 6.33. The highest BCUT2D eigenvalue weighted by Crippen LogP contribution is 2.30. The molecule has 0 aliphatic heterocycles. The molecule has 1 aromatic heterocycles. The van der Waals surface area contributed by atoms with Gasteiger partial charge in [-0.1, -0.05) is 32.4 Å². The third-order valence-electron chi connectivity index (χ3n) is 2.18. The van der Waals surface area contributed by atoms with Crippen molar-refractivity contribution in [2.24, 2.45) is 5.92 Å². The minimum absolute atomic E-state index is 0.451. The average Bonchev–Trinajstić information content (AvgIpc) is 2.52. The van der Waals surface area contributed by atoms with Crippen molar-refractivity contribution >= 4 is 22.9 Å². The van der Waals surface area contributed by atoms with E-state index in [1.54, 1.807) is 11.3 Å². The Kier molecular flexibility index (Phi) is 4.93. The van der Waals surface area contributed by atoms with Crippen LogP contribution in [0.4, 0.5) is 0 Å². The normalized spacial score (nSPS) is 13.5. The maximum Gasteiger partial charge on any atom is 0.0931 e. The molecule has 1 aromatic rings. The van der Waals surface area contributed by atoms with Crippen LogP contribution in [-0.2, 0) is 0 Å². The Morgan fingerprint density at radius 2 is 2.14 bits per heavy atom. The van der Waals surface area contributed by atoms with Crippen LogP contribution in [0.3, 0.4) is 0 Å². The summed E-state index contributed by atoms with van der Waals surface area (Å²) in [5.41, 5.74) is 0. The Balaban J connectivity index is 2.67. The highest BCUT2D eigenvalue weighted by atomic mass is 35.5. The van der Waals surface area contributed by atoms with Gasteiger partial charge in [0.2, 0.25) is 0 Å². The molecule has 14 heavy (non-hydrogen) atoms. The smallest absolute Gasteiger partial charge is 0.0931 e. The summed E-state index contributed by atoms with van der Waals surface area (Å²) in [5.74, 6) is 0.608. The summed E-state index contributed by atoms with van der Waals surface area (Å²) in [5, 5.41) is 3.55. The first-order chi connectivity index (χ1) is 6.65. The number of rotatable bonds is 5. The summed E-state index contributed by atoms with van der Waals surface area (Å²) < 4.78 is 0.879. The largest absolute Gasteiger partial charge is 0.309 e. The fourth-order valence-corrected chi connectivity index (χ4v) is 2.77. The predicted molar refractivity (Wildman–Crippen MR) is 65.2 cm³/mol. The van der Waals surface area contributed by atoms with Crippen LogP contribution in [0.25, 0.3) is 0 Å². The van der Waals surface area contributed by atoms with Crippen LogP contribution in [0.2, 0.25) is 4.34 Å². The summed E-state index contributed by atoms with van der Waals surface area (Å²) in [6, 6.07) is 4.55. The number of thiophene rings is 1. The van der Waals surface area contributed by atoms with Gasteiger partial charge in [0, 0.05) is 10.9 Å². The van der Waals surface area contributed by atoms with Gasteiger partial charge >= 0.3 is 0 Å². The molecule has 1 N–H and O–H groups in total. The topological polar surface area (TPSA) is 12.0 Å². The molecule has 0 aliphatic rings. The molecular weight excluding hydrogens is 214 g/mol. The van der Waals surface area contributed by atoms with E-state index in [2.05, 4.69) is 32.2 Å². The zero-order chi connectivity index (χ0) is 10.6. The molecule has 0 saturated heterocycles. The molecule has 0 fully saturated rings. The third-order valence-corrected chi connectivity index (χ3v) is 3.50. The SMILES string of the molecule is CCCNC(c1ccc(Cl)s1)C(C)C. The lowest BCUT2D eigenvalue weighted by Crippen LogP contribution is -2.25. The van der Waals surface area contributed by atoms with Crippen LogP contribution in [0.5, 0.6) is 0 Å². The van der Waals surface area contributed by atoms with E-state index in [-0.39, 0.29) is 0 Å². The van der Waals surface area contributed by atoms with Gasteiger partial charge in [-0.15, -0.1) is 11.3 Å². The molecule has 3 heteroatoms. The summed E-state index contributed by atoms with van der Waals surface area (Å²) in [4.78, 5) is 1.35. The molecule has 1 atom stereocenters. The van der Waals surface area contributed by atoms with Crippen molar-refractivity contribution in [3.05, 3.63) is 21.3 Å². The molecular formula is C11H18ClNS. The van der Waals surface area contributed by atoms with Gasteiger partial charge in [0.1, 0.15) is 0 Å². The fraction of sp³-hybridized carbons (Fsp3) is 0.636. The summed E-state index contributed by atoms with van der Waals surface area (Å²) in [7, 11) is 0. The first kappa shape index (κ1) is 12.0. The standard InChI is InChI=1S/C11H18ClNS/c1-4-7-13-11(8(2)3)9-5-6-10(12)14-9/h5-6,8,11,13H,4,7H2,1-3H3. The lowest BCUT2D eigenvalue weighted by atomic mass is 10.0. The van der Waals surface area contributed by atoms with Crippen LogP contribution >= 0.6 is 22.9 Å². The van der Waals surface area contributed by atoms with Gasteiger partial charge in [0.05, 0.1) is 4.34 Å². The van der Waals surface area contributed by atoms with Crippen LogP contribution in [0.1, 0.15) is 38.1 Å². The maximum absolute atomic E-state index is 5.93. The van der Waals surface area contributed by atoms with Gasteiger partial charge in [0.25, 0.3) is 0 Å². The number of nitrogens with one attached hydrogen (secondary N) is 1. The molecule has 80 valence electrons. The predicted octanol–water partition coefficient (Wildman–Crippen LogP) is 4.10. The first-order valence-electron chi connectivity index (χ1n) is 5.13. The van der Waals surface area contributed by atoms with Crippen LogP contribution in [0.15, 0.2) is 12.1 Å². The van der Waals surface area contributed by atoms with Gasteiger partial charge in [-0.2, -0.15) is 0 Å². The van der Waals surface area contributed by atoms with Crippen molar-refractivity contribution in [2.45, 2.75) is 33.2 Å². The van der Waals surface area contributed by atoms with Crippen molar-refractivity contribution in [1.82, 2.24) is 5.32 Å². The van der Waals surface area contributed by atoms with E-state index in [9.17, 15) is 0 Å². The quantitative estimate of drug-likeness (QED) is 0.805. The Morgan fingerprint density at radius 3 is 2.57 bits per heavy atom. The maximum atomic E-state index is 5.93. The molecule has 0 bridgehead atoms. The van der Waals surface area contributed by atoms with Gasteiger partial charge < -0.3 is 5.32 Å². The second kappa shape index (κ2) is 5.74. The highest BCUT2D eigenvalue weighted by Gasteiger charge is 2.16. The Hall–Kier alpha value is -0.0500. The van der Waals surface area contributed by atoms with Gasteiger partial charge in [0.15, 0.2) is 0 Å². The van der Waals surface area contributed by atoms with Crippen molar-refractivity contribution in [3.8, 4) is 0 Å². The summed E-state index contributed by atoms with van der Waals surface area (Å²) in [6.07, 6.45) is 1.17. The van der Waals surface area contributed by atoms with Crippen LogP contribution in [-0.4, -0.2) is 6.54 Å². The average molecular weight is 232 g/mol. The second-order valence-electron chi connectivity index (χ2n) is 3.82. The lowest BCUT2D eigenvalue weighted by Gasteiger charge is -2.20. The molecule has 0 aliphatic carbocycles. The molecule has 1 nitrogen and oxygen atoms in total. The molecule has 0 radical (unpaired) electrons. The van der Waals surface area contributed by atoms with E-state index in [1.807, 2.05) is 6.07 Å². The molecule has 1 unspecified atom stereocenters.